The Labute approximate surface area is 173 Å². The first-order valence-electron chi connectivity index (χ1n) is 8.24. The van der Waals surface area contributed by atoms with Gasteiger partial charge in [-0.15, -0.1) is 0 Å². The molecule has 0 aromatic heterocycles. The molecule has 5 nitrogen and oxygen atoms in total. The van der Waals surface area contributed by atoms with Gasteiger partial charge in [-0.2, -0.15) is 4.99 Å². The van der Waals surface area contributed by atoms with E-state index in [4.69, 9.17) is 10.1 Å². The Kier molecular flexibility index (Phi) is 5.15. The maximum Gasteiger partial charge on any atom is 0.283 e. The molecule has 2 heterocycles. The van der Waals surface area contributed by atoms with Gasteiger partial charge in [-0.25, -0.2) is 4.39 Å². The van der Waals surface area contributed by atoms with Crippen molar-refractivity contribution in [2.24, 2.45) is 4.99 Å². The molecule has 0 bridgehead atoms. The van der Waals surface area contributed by atoms with Crippen molar-refractivity contribution in [1.82, 2.24) is 4.90 Å². The number of hydrogen-bond acceptors (Lipinski definition) is 4. The van der Waals surface area contributed by atoms with Gasteiger partial charge in [-0.1, -0.05) is 30.0 Å². The average molecular weight is 458 g/mol. The highest BCUT2D eigenvalue weighted by molar-refractivity contribution is 9.10. The molecule has 0 atom stereocenters. The molecule has 2 aliphatic heterocycles. The number of carbonyl (C=O) groups excluding carboxylic acids is 1. The monoisotopic (exact) mass is 457 g/mol. The van der Waals surface area contributed by atoms with E-state index >= 15 is 0 Å². The molecule has 0 saturated heterocycles. The molecule has 2 aromatic rings. The van der Waals surface area contributed by atoms with Gasteiger partial charge in [0.25, 0.3) is 5.91 Å². The van der Waals surface area contributed by atoms with Gasteiger partial charge in [0.1, 0.15) is 24.0 Å². The van der Waals surface area contributed by atoms with Crippen LogP contribution in [0.2, 0.25) is 0 Å². The standard InChI is InChI=1S/C20H13BrFN3O2S/c21-16-10-13(3-6-17(16)27-11-12-1-4-14(22)5-2-12)9-15-18(23)25-7-8-28-20(25)24-19(15)26/h1-10,23H,11H2/b15-9-,23-18?. The molecule has 0 radical (unpaired) electrons. The number of nitrogens with one attached hydrogen (secondary N) is 1. The maximum atomic E-state index is 13.0. The molecule has 0 aliphatic carbocycles. The van der Waals surface area contributed by atoms with Crippen molar-refractivity contribution in [1.29, 1.82) is 5.41 Å². The molecular formula is C20H13BrFN3O2S. The predicted octanol–water partition coefficient (Wildman–Crippen LogP) is 4.94. The lowest BCUT2D eigenvalue weighted by atomic mass is 10.1. The molecule has 140 valence electrons. The van der Waals surface area contributed by atoms with Crippen LogP contribution >= 0.6 is 27.7 Å². The Balaban J connectivity index is 1.52. The van der Waals surface area contributed by atoms with Gasteiger partial charge in [0.15, 0.2) is 5.17 Å². The smallest absolute Gasteiger partial charge is 0.283 e. The van der Waals surface area contributed by atoms with Gasteiger partial charge in [-0.3, -0.25) is 15.1 Å². The molecule has 0 spiro atoms. The number of thioether (sulfide) groups is 1. The van der Waals surface area contributed by atoms with Crippen LogP contribution in [0.25, 0.3) is 6.08 Å². The van der Waals surface area contributed by atoms with E-state index < -0.39 is 5.91 Å². The summed E-state index contributed by atoms with van der Waals surface area (Å²) in [7, 11) is 0. The molecule has 1 amide bonds. The summed E-state index contributed by atoms with van der Waals surface area (Å²) in [6.07, 6.45) is 3.35. The fourth-order valence-electron chi connectivity index (χ4n) is 2.66. The van der Waals surface area contributed by atoms with Crippen LogP contribution in [0.5, 0.6) is 5.75 Å². The van der Waals surface area contributed by atoms with E-state index in [0.717, 1.165) is 11.1 Å². The van der Waals surface area contributed by atoms with Crippen LogP contribution in [0.15, 0.2) is 69.1 Å². The number of ether oxygens (including phenoxy) is 1. The lowest BCUT2D eigenvalue weighted by Crippen LogP contribution is -2.35. The van der Waals surface area contributed by atoms with Crippen LogP contribution in [0.4, 0.5) is 4.39 Å². The number of aliphatic imine (C=N–C) groups is 1. The van der Waals surface area contributed by atoms with E-state index in [0.29, 0.717) is 22.0 Å². The minimum atomic E-state index is -0.430. The van der Waals surface area contributed by atoms with E-state index in [1.165, 1.54) is 23.9 Å². The molecule has 28 heavy (non-hydrogen) atoms. The third-order valence-electron chi connectivity index (χ3n) is 4.09. The van der Waals surface area contributed by atoms with Gasteiger partial charge in [0, 0.05) is 6.20 Å². The number of hydrogen-bond donors (Lipinski definition) is 1. The highest BCUT2D eigenvalue weighted by atomic mass is 79.9. The van der Waals surface area contributed by atoms with Crippen LogP contribution < -0.4 is 4.74 Å². The van der Waals surface area contributed by atoms with Crippen molar-refractivity contribution in [3.8, 4) is 5.75 Å². The van der Waals surface area contributed by atoms with Gasteiger partial charge in [0.2, 0.25) is 0 Å². The Bertz CT molecular complexity index is 1060. The summed E-state index contributed by atoms with van der Waals surface area (Å²) in [4.78, 5) is 17.8. The van der Waals surface area contributed by atoms with Gasteiger partial charge >= 0.3 is 0 Å². The Morgan fingerprint density at radius 2 is 2.04 bits per heavy atom. The first-order valence-corrected chi connectivity index (χ1v) is 9.91. The first kappa shape index (κ1) is 18.6. The molecular weight excluding hydrogens is 445 g/mol. The summed E-state index contributed by atoms with van der Waals surface area (Å²) in [6.45, 7) is 0.304. The normalized spacial score (nSPS) is 17.1. The van der Waals surface area contributed by atoms with Crippen LogP contribution in [0.1, 0.15) is 11.1 Å². The van der Waals surface area contributed by atoms with Crippen LogP contribution in [0.3, 0.4) is 0 Å². The summed E-state index contributed by atoms with van der Waals surface area (Å²) < 4.78 is 19.4. The number of rotatable bonds is 4. The molecule has 8 heteroatoms. The summed E-state index contributed by atoms with van der Waals surface area (Å²) in [6, 6.07) is 11.5. The van der Waals surface area contributed by atoms with Crippen LogP contribution in [-0.2, 0) is 11.4 Å². The third-order valence-corrected chi connectivity index (χ3v) is 5.46. The van der Waals surface area contributed by atoms with E-state index in [9.17, 15) is 9.18 Å². The molecule has 1 N–H and O–H groups in total. The molecule has 0 saturated carbocycles. The van der Waals surface area contributed by atoms with Crippen molar-refractivity contribution in [3.63, 3.8) is 0 Å². The topological polar surface area (TPSA) is 65.8 Å². The van der Waals surface area contributed by atoms with Crippen molar-refractivity contribution < 1.29 is 13.9 Å². The molecule has 0 unspecified atom stereocenters. The summed E-state index contributed by atoms with van der Waals surface area (Å²) in [5.74, 6) is 0.00421. The minimum Gasteiger partial charge on any atom is -0.488 e. The van der Waals surface area contributed by atoms with Gasteiger partial charge < -0.3 is 4.74 Å². The third kappa shape index (κ3) is 3.79. The number of amides is 1. The van der Waals surface area contributed by atoms with Gasteiger partial charge in [0.05, 0.1) is 10.0 Å². The zero-order valence-corrected chi connectivity index (χ0v) is 16.8. The van der Waals surface area contributed by atoms with E-state index in [-0.39, 0.29) is 17.2 Å². The average Bonchev–Trinajstić information content (AvgIpc) is 3.14. The fraction of sp³-hybridized carbons (Fsp3) is 0.0500. The maximum absolute atomic E-state index is 13.0. The van der Waals surface area contributed by atoms with E-state index in [2.05, 4.69) is 20.9 Å². The lowest BCUT2D eigenvalue weighted by molar-refractivity contribution is -0.114. The predicted molar refractivity (Wildman–Crippen MR) is 112 cm³/mol. The van der Waals surface area contributed by atoms with Crippen molar-refractivity contribution in [3.05, 3.63) is 81.1 Å². The Morgan fingerprint density at radius 1 is 1.25 bits per heavy atom. The van der Waals surface area contributed by atoms with Crippen LogP contribution in [-0.4, -0.2) is 21.8 Å². The number of amidine groups is 2. The van der Waals surface area contributed by atoms with Crippen molar-refractivity contribution in [2.45, 2.75) is 6.61 Å². The quantitative estimate of drug-likeness (QED) is 0.659. The van der Waals surface area contributed by atoms with Gasteiger partial charge in [-0.05, 0) is 62.8 Å². The Hall–Kier alpha value is -2.71. The molecule has 0 fully saturated rings. The van der Waals surface area contributed by atoms with E-state index in [1.807, 2.05) is 0 Å². The second kappa shape index (κ2) is 7.73. The number of halogens is 2. The number of fused-ring (bicyclic) bond motifs is 1. The highest BCUT2D eigenvalue weighted by Gasteiger charge is 2.30. The summed E-state index contributed by atoms with van der Waals surface area (Å²) in [5.41, 5.74) is 1.82. The van der Waals surface area contributed by atoms with Crippen LogP contribution in [0, 0.1) is 11.2 Å². The van der Waals surface area contributed by atoms with Crippen molar-refractivity contribution in [2.75, 3.05) is 0 Å². The SMILES string of the molecule is N=C1/C(=C/c2ccc(OCc3ccc(F)cc3)c(Br)c2)C(=O)N=C2SC=CN12. The first-order chi connectivity index (χ1) is 13.5. The fourth-order valence-corrected chi connectivity index (χ4v) is 3.88. The van der Waals surface area contributed by atoms with E-state index in [1.54, 1.807) is 52.9 Å². The minimum absolute atomic E-state index is 0.101. The highest BCUT2D eigenvalue weighted by Crippen LogP contribution is 2.30. The molecule has 2 aliphatic rings. The number of nitrogens with zero attached hydrogens (tertiary/aromatic N) is 2. The zero-order chi connectivity index (χ0) is 19.7. The second-order valence-corrected chi connectivity index (χ2v) is 7.71. The molecule has 2 aromatic carbocycles. The zero-order valence-electron chi connectivity index (χ0n) is 14.4. The molecule has 4 rings (SSSR count). The van der Waals surface area contributed by atoms with Crippen molar-refractivity contribution >= 4 is 50.7 Å². The summed E-state index contributed by atoms with van der Waals surface area (Å²) >= 11 is 4.78. The largest absolute Gasteiger partial charge is 0.488 e. The number of carbonyl (C=O) groups is 1. The Morgan fingerprint density at radius 3 is 2.79 bits per heavy atom. The summed E-state index contributed by atoms with van der Waals surface area (Å²) in [5, 5.41) is 10.5. The number of benzene rings is 2. The second-order valence-electron chi connectivity index (χ2n) is 5.98. The lowest BCUT2D eigenvalue weighted by Gasteiger charge is -2.22.